The number of carbonyl (C=O) groups is 1. The number of fused-ring (bicyclic) bond motifs is 1. The van der Waals surface area contributed by atoms with E-state index in [1.165, 1.54) is 6.07 Å². The summed E-state index contributed by atoms with van der Waals surface area (Å²) >= 11 is 0. The molecule has 3 aromatic rings. The van der Waals surface area contributed by atoms with Crippen LogP contribution in [0.1, 0.15) is 16.2 Å². The number of aryl methyl sites for hydroxylation is 1. The Labute approximate surface area is 109 Å². The molecule has 4 heteroatoms. The lowest BCUT2D eigenvalue weighted by atomic mass is 10.1. The molecule has 0 fully saturated rings. The first-order valence-electron chi connectivity index (χ1n) is 5.85. The van der Waals surface area contributed by atoms with Crippen LogP contribution in [0, 0.1) is 6.92 Å². The van der Waals surface area contributed by atoms with Crippen LogP contribution in [-0.2, 0) is 0 Å². The largest absolute Gasteiger partial charge is 0.477 e. The Bertz CT molecular complexity index is 774. The van der Waals surface area contributed by atoms with E-state index in [4.69, 9.17) is 9.52 Å². The zero-order valence-electron chi connectivity index (χ0n) is 10.3. The van der Waals surface area contributed by atoms with Crippen molar-refractivity contribution >= 4 is 16.9 Å². The van der Waals surface area contributed by atoms with E-state index in [2.05, 4.69) is 4.98 Å². The van der Waals surface area contributed by atoms with Gasteiger partial charge in [-0.25, -0.2) is 9.78 Å². The molecule has 4 nitrogen and oxygen atoms in total. The van der Waals surface area contributed by atoms with E-state index in [9.17, 15) is 4.79 Å². The smallest absolute Gasteiger partial charge is 0.354 e. The molecule has 1 N–H and O–H groups in total. The molecule has 0 saturated carbocycles. The normalized spacial score (nSPS) is 10.8. The molecule has 19 heavy (non-hydrogen) atoms. The third-order valence-corrected chi connectivity index (χ3v) is 2.93. The number of pyridine rings is 1. The van der Waals surface area contributed by atoms with Gasteiger partial charge in [0.2, 0.25) is 0 Å². The first-order valence-corrected chi connectivity index (χ1v) is 5.85. The van der Waals surface area contributed by atoms with E-state index in [-0.39, 0.29) is 5.69 Å². The van der Waals surface area contributed by atoms with Crippen molar-refractivity contribution in [3.8, 4) is 11.3 Å². The molecular formula is C15H11NO3. The summed E-state index contributed by atoms with van der Waals surface area (Å²) < 4.78 is 5.56. The number of carboxylic acid groups (broad SMARTS) is 1. The minimum atomic E-state index is -1.03. The molecule has 0 amide bonds. The van der Waals surface area contributed by atoms with Gasteiger partial charge in [-0.3, -0.25) is 0 Å². The lowest BCUT2D eigenvalue weighted by Crippen LogP contribution is -2.00. The number of rotatable bonds is 2. The van der Waals surface area contributed by atoms with Crippen molar-refractivity contribution in [1.29, 1.82) is 0 Å². The third-order valence-electron chi connectivity index (χ3n) is 2.93. The molecule has 0 atom stereocenters. The number of carboxylic acids is 1. The predicted octanol–water partition coefficient (Wildman–Crippen LogP) is 3.50. The fourth-order valence-corrected chi connectivity index (χ4v) is 2.12. The van der Waals surface area contributed by atoms with Gasteiger partial charge in [0.05, 0.1) is 5.69 Å². The number of hydrogen-bond acceptors (Lipinski definition) is 3. The maximum Gasteiger partial charge on any atom is 0.354 e. The first-order chi connectivity index (χ1) is 9.15. The van der Waals surface area contributed by atoms with Gasteiger partial charge in [-0.15, -0.1) is 0 Å². The Kier molecular flexibility index (Phi) is 2.56. The Morgan fingerprint density at radius 2 is 2.00 bits per heavy atom. The summed E-state index contributed by atoms with van der Waals surface area (Å²) in [6.07, 6.45) is 0. The summed E-state index contributed by atoms with van der Waals surface area (Å²) in [5, 5.41) is 9.93. The van der Waals surface area contributed by atoms with Crippen LogP contribution < -0.4 is 0 Å². The maximum atomic E-state index is 11.0. The summed E-state index contributed by atoms with van der Waals surface area (Å²) in [5.74, 6) is -0.214. The molecule has 2 heterocycles. The molecule has 94 valence electrons. The molecule has 0 saturated heterocycles. The van der Waals surface area contributed by atoms with E-state index in [1.807, 2.05) is 31.2 Å². The van der Waals surface area contributed by atoms with Crippen molar-refractivity contribution in [2.45, 2.75) is 6.92 Å². The second-order valence-electron chi connectivity index (χ2n) is 4.29. The van der Waals surface area contributed by atoms with E-state index in [0.717, 1.165) is 22.3 Å². The predicted molar refractivity (Wildman–Crippen MR) is 71.1 cm³/mol. The van der Waals surface area contributed by atoms with Crippen molar-refractivity contribution in [2.24, 2.45) is 0 Å². The fraction of sp³-hybridized carbons (Fsp3) is 0.0667. The highest BCUT2D eigenvalue weighted by Crippen LogP contribution is 2.29. The Morgan fingerprint density at radius 3 is 2.79 bits per heavy atom. The quantitative estimate of drug-likeness (QED) is 0.759. The van der Waals surface area contributed by atoms with E-state index in [1.54, 1.807) is 12.1 Å². The average Bonchev–Trinajstić information content (AvgIpc) is 2.78. The highest BCUT2D eigenvalue weighted by Gasteiger charge is 2.11. The molecular weight excluding hydrogens is 242 g/mol. The van der Waals surface area contributed by atoms with Crippen molar-refractivity contribution in [2.75, 3.05) is 0 Å². The van der Waals surface area contributed by atoms with Crippen LogP contribution >= 0.6 is 0 Å². The summed E-state index contributed by atoms with van der Waals surface area (Å²) in [7, 11) is 0. The molecule has 0 aliphatic carbocycles. The van der Waals surface area contributed by atoms with Gasteiger partial charge in [-0.1, -0.05) is 18.2 Å². The molecule has 0 bridgehead atoms. The van der Waals surface area contributed by atoms with Gasteiger partial charge in [-0.05, 0) is 31.2 Å². The Morgan fingerprint density at radius 1 is 1.21 bits per heavy atom. The van der Waals surface area contributed by atoms with Crippen LogP contribution in [0.25, 0.3) is 22.2 Å². The van der Waals surface area contributed by atoms with Crippen LogP contribution in [0.3, 0.4) is 0 Å². The minimum Gasteiger partial charge on any atom is -0.477 e. The fourth-order valence-electron chi connectivity index (χ4n) is 2.12. The number of benzene rings is 1. The first kappa shape index (κ1) is 11.5. The Hall–Kier alpha value is -2.62. The average molecular weight is 253 g/mol. The number of furan rings is 1. The highest BCUT2D eigenvalue weighted by molar-refractivity contribution is 5.94. The van der Waals surface area contributed by atoms with Crippen LogP contribution in [0.2, 0.25) is 0 Å². The number of aromatic nitrogens is 1. The highest BCUT2D eigenvalue weighted by atomic mass is 16.4. The molecule has 1 aromatic carbocycles. The van der Waals surface area contributed by atoms with Crippen molar-refractivity contribution in [1.82, 2.24) is 4.98 Å². The van der Waals surface area contributed by atoms with Crippen molar-refractivity contribution in [3.63, 3.8) is 0 Å². The lowest BCUT2D eigenvalue weighted by Gasteiger charge is -2.03. The topological polar surface area (TPSA) is 63.3 Å². The van der Waals surface area contributed by atoms with Crippen LogP contribution in [-0.4, -0.2) is 16.1 Å². The van der Waals surface area contributed by atoms with E-state index < -0.39 is 5.97 Å². The summed E-state index contributed by atoms with van der Waals surface area (Å²) in [6, 6.07) is 12.6. The molecule has 0 radical (unpaired) electrons. The molecule has 3 rings (SSSR count). The van der Waals surface area contributed by atoms with Gasteiger partial charge in [0.15, 0.2) is 0 Å². The molecule has 0 aliphatic rings. The van der Waals surface area contributed by atoms with Crippen LogP contribution in [0.5, 0.6) is 0 Å². The van der Waals surface area contributed by atoms with Gasteiger partial charge >= 0.3 is 5.97 Å². The van der Waals surface area contributed by atoms with Gasteiger partial charge < -0.3 is 9.52 Å². The number of aromatic carboxylic acids is 1. The maximum absolute atomic E-state index is 11.0. The number of nitrogens with zero attached hydrogens (tertiary/aromatic N) is 1. The Balaban J connectivity index is 2.24. The van der Waals surface area contributed by atoms with Gasteiger partial charge in [0, 0.05) is 10.9 Å². The monoisotopic (exact) mass is 253 g/mol. The van der Waals surface area contributed by atoms with Crippen molar-refractivity contribution < 1.29 is 14.3 Å². The zero-order valence-corrected chi connectivity index (χ0v) is 10.3. The van der Waals surface area contributed by atoms with Crippen LogP contribution in [0.15, 0.2) is 46.9 Å². The van der Waals surface area contributed by atoms with E-state index >= 15 is 0 Å². The molecule has 0 aliphatic heterocycles. The SMILES string of the molecule is Cc1cc2c(-c3cccc(C(=O)O)n3)cccc2o1. The summed E-state index contributed by atoms with van der Waals surface area (Å²) in [4.78, 5) is 15.1. The van der Waals surface area contributed by atoms with E-state index in [0.29, 0.717) is 5.69 Å². The second-order valence-corrected chi connectivity index (χ2v) is 4.29. The zero-order chi connectivity index (χ0) is 13.4. The molecule has 0 spiro atoms. The van der Waals surface area contributed by atoms with Crippen LogP contribution in [0.4, 0.5) is 0 Å². The van der Waals surface area contributed by atoms with Crippen molar-refractivity contribution in [3.05, 3.63) is 53.9 Å². The minimum absolute atomic E-state index is 0.0368. The standard InChI is InChI=1S/C15H11NO3/c1-9-8-11-10(4-2-7-14(11)19-9)12-5-3-6-13(16-12)15(17)18/h2-8H,1H3,(H,17,18). The number of hydrogen-bond donors (Lipinski definition) is 1. The molecule has 0 unspecified atom stereocenters. The van der Waals surface area contributed by atoms with Gasteiger partial charge in [0.25, 0.3) is 0 Å². The lowest BCUT2D eigenvalue weighted by molar-refractivity contribution is 0.0690. The second kappa shape index (κ2) is 4.24. The summed E-state index contributed by atoms with van der Waals surface area (Å²) in [5.41, 5.74) is 2.32. The van der Waals surface area contributed by atoms with Gasteiger partial charge in [-0.2, -0.15) is 0 Å². The van der Waals surface area contributed by atoms with Gasteiger partial charge in [0.1, 0.15) is 17.0 Å². The summed E-state index contributed by atoms with van der Waals surface area (Å²) in [6.45, 7) is 1.88. The third kappa shape index (κ3) is 1.97. The molecule has 2 aromatic heterocycles.